The zero-order valence-corrected chi connectivity index (χ0v) is 10.8. The van der Waals surface area contributed by atoms with Crippen LogP contribution in [0.5, 0.6) is 0 Å². The van der Waals surface area contributed by atoms with Crippen molar-refractivity contribution < 1.29 is 5.11 Å². The van der Waals surface area contributed by atoms with Crippen molar-refractivity contribution in [1.29, 1.82) is 0 Å². The number of hydrogen-bond acceptors (Lipinski definition) is 1. The molecule has 0 spiro atoms. The maximum Gasteiger partial charge on any atom is 0.0431 e. The Kier molecular flexibility index (Phi) is 12.0. The molecule has 1 N–H and O–H groups in total. The molecule has 1 heteroatoms. The molecule has 0 aliphatic rings. The van der Waals surface area contributed by atoms with Crippen molar-refractivity contribution in [1.82, 2.24) is 0 Å². The highest BCUT2D eigenvalue weighted by molar-refractivity contribution is 4.54. The molecule has 0 fully saturated rings. The normalized spacial score (nSPS) is 13.0. The lowest BCUT2D eigenvalue weighted by Crippen LogP contribution is -1.96. The van der Waals surface area contributed by atoms with Gasteiger partial charge in [0.25, 0.3) is 0 Å². The van der Waals surface area contributed by atoms with E-state index >= 15 is 0 Å². The summed E-state index contributed by atoms with van der Waals surface area (Å²) in [6.07, 6.45) is 13.3. The van der Waals surface area contributed by atoms with E-state index < -0.39 is 0 Å². The number of aliphatic hydroxyl groups is 1. The molecule has 0 radical (unpaired) electrons. The van der Waals surface area contributed by atoms with E-state index in [1.54, 1.807) is 0 Å². The van der Waals surface area contributed by atoms with Gasteiger partial charge in [-0.05, 0) is 12.3 Å². The monoisotopic (exact) mass is 214 g/mol. The van der Waals surface area contributed by atoms with Gasteiger partial charge in [-0.25, -0.2) is 0 Å². The van der Waals surface area contributed by atoms with Crippen LogP contribution < -0.4 is 0 Å². The van der Waals surface area contributed by atoms with E-state index in [0.717, 1.165) is 12.3 Å². The van der Waals surface area contributed by atoms with Crippen LogP contribution in [0, 0.1) is 5.92 Å². The summed E-state index contributed by atoms with van der Waals surface area (Å²) >= 11 is 0. The van der Waals surface area contributed by atoms with Crippen molar-refractivity contribution in [3.8, 4) is 0 Å². The Labute approximate surface area is 96.3 Å². The van der Waals surface area contributed by atoms with E-state index in [9.17, 15) is 0 Å². The van der Waals surface area contributed by atoms with E-state index in [1.165, 1.54) is 57.8 Å². The Balaban J connectivity index is 3.06. The first-order chi connectivity index (χ1) is 7.31. The fourth-order valence-electron chi connectivity index (χ4n) is 2.02. The van der Waals surface area contributed by atoms with E-state index in [2.05, 4.69) is 13.8 Å². The van der Waals surface area contributed by atoms with Gasteiger partial charge in [-0.15, -0.1) is 0 Å². The number of hydrogen-bond donors (Lipinski definition) is 1. The van der Waals surface area contributed by atoms with Crippen LogP contribution in [0.4, 0.5) is 0 Å². The minimum Gasteiger partial charge on any atom is -0.396 e. The lowest BCUT2D eigenvalue weighted by Gasteiger charge is -2.10. The molecule has 0 rings (SSSR count). The summed E-state index contributed by atoms with van der Waals surface area (Å²) in [5.74, 6) is 0.864. The SMILES string of the molecule is CCCCCCCCC(C)CCCCO. The van der Waals surface area contributed by atoms with E-state index in [0.29, 0.717) is 6.61 Å². The molecule has 0 aliphatic heterocycles. The van der Waals surface area contributed by atoms with Crippen LogP contribution in [0.2, 0.25) is 0 Å². The second-order valence-electron chi connectivity index (χ2n) is 4.88. The molecular formula is C14H30O. The largest absolute Gasteiger partial charge is 0.396 e. The van der Waals surface area contributed by atoms with Gasteiger partial charge >= 0.3 is 0 Å². The van der Waals surface area contributed by atoms with Gasteiger partial charge in [0.1, 0.15) is 0 Å². The third-order valence-electron chi connectivity index (χ3n) is 3.16. The average Bonchev–Trinajstić information content (AvgIpc) is 2.23. The quantitative estimate of drug-likeness (QED) is 0.501. The molecule has 0 aromatic rings. The van der Waals surface area contributed by atoms with Gasteiger partial charge in [0, 0.05) is 6.61 Å². The molecule has 0 bridgehead atoms. The molecular weight excluding hydrogens is 184 g/mol. The highest BCUT2D eigenvalue weighted by Crippen LogP contribution is 2.16. The van der Waals surface area contributed by atoms with Crippen molar-refractivity contribution in [3.05, 3.63) is 0 Å². The molecule has 0 heterocycles. The smallest absolute Gasteiger partial charge is 0.0431 e. The van der Waals surface area contributed by atoms with Crippen LogP contribution in [0.15, 0.2) is 0 Å². The molecule has 92 valence electrons. The molecule has 0 aromatic heterocycles. The molecule has 1 unspecified atom stereocenters. The summed E-state index contributed by atoms with van der Waals surface area (Å²) in [7, 11) is 0. The third-order valence-corrected chi connectivity index (χ3v) is 3.16. The Bertz CT molecular complexity index is 112. The molecule has 0 amide bonds. The molecule has 0 saturated heterocycles. The predicted molar refractivity (Wildman–Crippen MR) is 68.1 cm³/mol. The topological polar surface area (TPSA) is 20.2 Å². The van der Waals surface area contributed by atoms with Crippen molar-refractivity contribution in [3.63, 3.8) is 0 Å². The summed E-state index contributed by atoms with van der Waals surface area (Å²) in [4.78, 5) is 0. The Morgan fingerprint density at radius 3 is 1.93 bits per heavy atom. The molecule has 0 aromatic carbocycles. The Morgan fingerprint density at radius 2 is 1.33 bits per heavy atom. The van der Waals surface area contributed by atoms with Crippen LogP contribution in [0.1, 0.15) is 78.1 Å². The maximum atomic E-state index is 8.68. The number of aliphatic hydroxyl groups excluding tert-OH is 1. The van der Waals surface area contributed by atoms with Crippen molar-refractivity contribution >= 4 is 0 Å². The highest BCUT2D eigenvalue weighted by Gasteiger charge is 2.01. The van der Waals surface area contributed by atoms with Gasteiger partial charge in [0.05, 0.1) is 0 Å². The average molecular weight is 214 g/mol. The number of unbranched alkanes of at least 4 members (excludes halogenated alkanes) is 6. The lowest BCUT2D eigenvalue weighted by atomic mass is 9.97. The van der Waals surface area contributed by atoms with Gasteiger partial charge in [0.2, 0.25) is 0 Å². The first-order valence-electron chi connectivity index (χ1n) is 6.92. The third kappa shape index (κ3) is 11.9. The zero-order chi connectivity index (χ0) is 11.4. The first kappa shape index (κ1) is 15.0. The van der Waals surface area contributed by atoms with Gasteiger partial charge in [-0.3, -0.25) is 0 Å². The summed E-state index contributed by atoms with van der Waals surface area (Å²) < 4.78 is 0. The van der Waals surface area contributed by atoms with Gasteiger partial charge < -0.3 is 5.11 Å². The van der Waals surface area contributed by atoms with Gasteiger partial charge in [-0.1, -0.05) is 71.6 Å². The second-order valence-corrected chi connectivity index (χ2v) is 4.88. The van der Waals surface area contributed by atoms with E-state index in [-0.39, 0.29) is 0 Å². The number of rotatable bonds is 11. The fraction of sp³-hybridized carbons (Fsp3) is 1.00. The van der Waals surface area contributed by atoms with Crippen molar-refractivity contribution in [2.24, 2.45) is 5.92 Å². The van der Waals surface area contributed by atoms with Crippen LogP contribution in [-0.4, -0.2) is 11.7 Å². The van der Waals surface area contributed by atoms with Crippen LogP contribution in [0.3, 0.4) is 0 Å². The summed E-state index contributed by atoms with van der Waals surface area (Å²) in [5, 5.41) is 8.68. The Hall–Kier alpha value is -0.0400. The van der Waals surface area contributed by atoms with E-state index in [1.807, 2.05) is 0 Å². The van der Waals surface area contributed by atoms with Crippen molar-refractivity contribution in [2.45, 2.75) is 78.1 Å². The van der Waals surface area contributed by atoms with Crippen molar-refractivity contribution in [2.75, 3.05) is 6.61 Å². The predicted octanol–water partition coefficient (Wildman–Crippen LogP) is 4.54. The lowest BCUT2D eigenvalue weighted by molar-refractivity contribution is 0.277. The minimum atomic E-state index is 0.365. The van der Waals surface area contributed by atoms with Crippen LogP contribution in [-0.2, 0) is 0 Å². The maximum absolute atomic E-state index is 8.68. The van der Waals surface area contributed by atoms with Gasteiger partial charge in [-0.2, -0.15) is 0 Å². The fourth-order valence-corrected chi connectivity index (χ4v) is 2.02. The summed E-state index contributed by atoms with van der Waals surface area (Å²) in [5.41, 5.74) is 0. The molecule has 0 aliphatic carbocycles. The first-order valence-corrected chi connectivity index (χ1v) is 6.92. The summed E-state index contributed by atoms with van der Waals surface area (Å²) in [6, 6.07) is 0. The molecule has 0 saturated carbocycles. The standard InChI is InChI=1S/C14H30O/c1-3-4-5-6-7-8-11-14(2)12-9-10-13-15/h14-15H,3-13H2,1-2H3. The Morgan fingerprint density at radius 1 is 0.800 bits per heavy atom. The molecule has 1 nitrogen and oxygen atoms in total. The molecule has 1 atom stereocenters. The van der Waals surface area contributed by atoms with Gasteiger partial charge in [0.15, 0.2) is 0 Å². The van der Waals surface area contributed by atoms with Crippen LogP contribution in [0.25, 0.3) is 0 Å². The zero-order valence-electron chi connectivity index (χ0n) is 10.8. The second kappa shape index (κ2) is 12.0. The van der Waals surface area contributed by atoms with E-state index in [4.69, 9.17) is 5.11 Å². The van der Waals surface area contributed by atoms with Crippen LogP contribution >= 0.6 is 0 Å². The molecule has 15 heavy (non-hydrogen) atoms. The highest BCUT2D eigenvalue weighted by atomic mass is 16.2. The minimum absolute atomic E-state index is 0.365. The summed E-state index contributed by atoms with van der Waals surface area (Å²) in [6.45, 7) is 4.98.